The molecular weight excluding hydrogens is 535 g/mol. The highest BCUT2D eigenvalue weighted by atomic mass is 19.1. The second-order valence-electron chi connectivity index (χ2n) is 11.8. The number of phenolic OH excluding ortho intramolecular Hbond substituents is 1. The number of hydrogen-bond acceptors (Lipinski definition) is 9. The van der Waals surface area contributed by atoms with Gasteiger partial charge >= 0.3 is 6.01 Å². The van der Waals surface area contributed by atoms with Crippen LogP contribution in [0.3, 0.4) is 0 Å². The Morgan fingerprint density at radius 3 is 3.02 bits per heavy atom. The van der Waals surface area contributed by atoms with Gasteiger partial charge in [0.2, 0.25) is 5.88 Å². The molecule has 2 aromatic heterocycles. The van der Waals surface area contributed by atoms with Crippen LogP contribution >= 0.6 is 0 Å². The number of piperazine rings is 1. The number of nitrogens with one attached hydrogen (secondary N) is 1. The third-order valence-corrected chi connectivity index (χ3v) is 9.27. The zero-order chi connectivity index (χ0) is 28.4. The molecule has 3 fully saturated rings. The van der Waals surface area contributed by atoms with Crippen LogP contribution in [0.4, 0.5) is 10.2 Å². The van der Waals surface area contributed by atoms with Crippen molar-refractivity contribution in [1.29, 1.82) is 0 Å². The Morgan fingerprint density at radius 2 is 2.12 bits per heavy atom. The van der Waals surface area contributed by atoms with E-state index in [9.17, 15) is 9.50 Å². The van der Waals surface area contributed by atoms with Gasteiger partial charge in [0.15, 0.2) is 0 Å². The van der Waals surface area contributed by atoms with Crippen molar-refractivity contribution in [2.45, 2.75) is 37.0 Å². The molecule has 0 radical (unpaired) electrons. The number of aromatic nitrogens is 3. The minimum absolute atomic E-state index is 0.0584. The molecule has 0 amide bonds. The fourth-order valence-electron chi connectivity index (χ4n) is 7.34. The van der Waals surface area contributed by atoms with E-state index in [1.165, 1.54) is 0 Å². The molecule has 3 atom stereocenters. The Morgan fingerprint density at radius 1 is 1.19 bits per heavy atom. The maximum atomic E-state index is 14.4. The van der Waals surface area contributed by atoms with E-state index in [4.69, 9.17) is 30.8 Å². The lowest BCUT2D eigenvalue weighted by molar-refractivity contribution is 0.107. The van der Waals surface area contributed by atoms with Crippen LogP contribution in [0, 0.1) is 12.3 Å². The summed E-state index contributed by atoms with van der Waals surface area (Å²) in [6.07, 6.45) is 7.46. The lowest BCUT2D eigenvalue weighted by Gasteiger charge is -2.35. The van der Waals surface area contributed by atoms with Crippen LogP contribution in [0.5, 0.6) is 17.6 Å². The number of nitrogens with zero attached hydrogens (tertiary/aromatic N) is 5. The van der Waals surface area contributed by atoms with Crippen LogP contribution in [-0.4, -0.2) is 88.6 Å². The van der Waals surface area contributed by atoms with Crippen molar-refractivity contribution >= 4 is 27.5 Å². The molecule has 10 heteroatoms. The average Bonchev–Trinajstić information content (AvgIpc) is 3.47. The van der Waals surface area contributed by atoms with Crippen molar-refractivity contribution in [3.8, 4) is 41.2 Å². The summed E-state index contributed by atoms with van der Waals surface area (Å²) in [5, 5.41) is 16.4. The summed E-state index contributed by atoms with van der Waals surface area (Å²) in [7, 11) is 0. The Balaban J connectivity index is 1.29. The van der Waals surface area contributed by atoms with Gasteiger partial charge in [-0.15, -0.1) is 6.42 Å². The van der Waals surface area contributed by atoms with Crippen molar-refractivity contribution in [2.75, 3.05) is 50.8 Å². The predicted octanol–water partition coefficient (Wildman–Crippen LogP) is 3.66. The lowest BCUT2D eigenvalue weighted by atomic mass is 9.95. The number of hydrogen-bond donors (Lipinski definition) is 2. The molecule has 0 bridgehead atoms. The van der Waals surface area contributed by atoms with E-state index in [1.807, 2.05) is 24.3 Å². The van der Waals surface area contributed by atoms with E-state index in [-0.39, 0.29) is 23.3 Å². The highest BCUT2D eigenvalue weighted by Crippen LogP contribution is 2.43. The average molecular weight is 567 g/mol. The third-order valence-electron chi connectivity index (χ3n) is 9.27. The first-order valence-corrected chi connectivity index (χ1v) is 14.6. The smallest absolute Gasteiger partial charge is 0.319 e. The first kappa shape index (κ1) is 25.5. The molecule has 4 aliphatic rings. The molecule has 4 aliphatic heterocycles. The fraction of sp³-hybridized carbons (Fsp3) is 0.406. The van der Waals surface area contributed by atoms with Gasteiger partial charge in [-0.05, 0) is 49.0 Å². The summed E-state index contributed by atoms with van der Waals surface area (Å²) in [6.45, 7) is 4.45. The Hall–Kier alpha value is -4.20. The molecule has 0 spiro atoms. The van der Waals surface area contributed by atoms with Gasteiger partial charge in [0.05, 0.1) is 22.8 Å². The predicted molar refractivity (Wildman–Crippen MR) is 158 cm³/mol. The fourth-order valence-corrected chi connectivity index (χ4v) is 7.34. The second-order valence-corrected chi connectivity index (χ2v) is 11.8. The minimum atomic E-state index is -0.837. The van der Waals surface area contributed by atoms with Crippen molar-refractivity contribution in [3.63, 3.8) is 0 Å². The van der Waals surface area contributed by atoms with Gasteiger partial charge in [-0.2, -0.15) is 9.97 Å². The first-order valence-electron chi connectivity index (χ1n) is 14.6. The summed E-state index contributed by atoms with van der Waals surface area (Å²) in [5.74, 6) is 4.05. The van der Waals surface area contributed by atoms with Crippen molar-refractivity contribution in [1.82, 2.24) is 25.2 Å². The van der Waals surface area contributed by atoms with Gasteiger partial charge in [-0.3, -0.25) is 4.90 Å². The topological polar surface area (TPSA) is 95.9 Å². The maximum absolute atomic E-state index is 14.4. The molecule has 8 rings (SSSR count). The molecule has 2 aromatic carbocycles. The number of pyridine rings is 1. The largest absolute Gasteiger partial charge is 0.508 e. The van der Waals surface area contributed by atoms with E-state index < -0.39 is 6.17 Å². The molecule has 3 saturated heterocycles. The number of rotatable bonds is 4. The molecule has 9 nitrogen and oxygen atoms in total. The molecule has 4 aromatic rings. The van der Waals surface area contributed by atoms with Gasteiger partial charge in [-0.25, -0.2) is 9.37 Å². The lowest BCUT2D eigenvalue weighted by Crippen LogP contribution is -2.53. The molecule has 2 N–H and O–H groups in total. The quantitative estimate of drug-likeness (QED) is 0.359. The molecule has 6 heterocycles. The summed E-state index contributed by atoms with van der Waals surface area (Å²) >= 11 is 0. The van der Waals surface area contributed by atoms with Gasteiger partial charge in [0.1, 0.15) is 36.3 Å². The van der Waals surface area contributed by atoms with Crippen LogP contribution in [0.25, 0.3) is 32.9 Å². The number of phenols is 1. The van der Waals surface area contributed by atoms with Crippen molar-refractivity contribution in [2.24, 2.45) is 0 Å². The molecule has 42 heavy (non-hydrogen) atoms. The maximum Gasteiger partial charge on any atom is 0.319 e. The molecule has 214 valence electrons. The third kappa shape index (κ3) is 4.02. The highest BCUT2D eigenvalue weighted by molar-refractivity contribution is 6.03. The second kappa shape index (κ2) is 9.68. The van der Waals surface area contributed by atoms with Crippen LogP contribution in [-0.2, 0) is 0 Å². The number of anilines is 1. The Labute approximate surface area is 242 Å². The van der Waals surface area contributed by atoms with Crippen LogP contribution in [0.1, 0.15) is 24.8 Å². The van der Waals surface area contributed by atoms with E-state index in [0.717, 1.165) is 61.0 Å². The number of aromatic hydroxyl groups is 1. The summed E-state index contributed by atoms with van der Waals surface area (Å²) in [4.78, 5) is 19.2. The van der Waals surface area contributed by atoms with Gasteiger partial charge in [0, 0.05) is 49.1 Å². The molecule has 0 saturated carbocycles. The number of benzene rings is 2. The van der Waals surface area contributed by atoms with E-state index in [1.54, 1.807) is 12.1 Å². The number of alkyl halides is 1. The molecular formula is C32H31FN6O3. The molecule has 3 unspecified atom stereocenters. The van der Waals surface area contributed by atoms with Gasteiger partial charge in [0.25, 0.3) is 0 Å². The Bertz CT molecular complexity index is 1780. The zero-order valence-electron chi connectivity index (χ0n) is 23.1. The van der Waals surface area contributed by atoms with Gasteiger partial charge < -0.3 is 24.8 Å². The minimum Gasteiger partial charge on any atom is -0.508 e. The Kier molecular flexibility index (Phi) is 5.88. The standard InChI is InChI=1S/C32H31FN6O3/c1-2-19-5-3-6-20-11-23(40)12-24(27(19)20)25-13-26-28-29(39-10-8-34-15-22(39)17-41-30(28)35-25)37-31(36-26)42-18-32-7-4-9-38(32)16-21(33)14-32/h1,3,5-6,11-13,21-22,34,40H,4,7-10,14-18H2. The summed E-state index contributed by atoms with van der Waals surface area (Å²) in [5.41, 5.74) is 2.28. The van der Waals surface area contributed by atoms with E-state index in [2.05, 4.69) is 21.0 Å². The summed E-state index contributed by atoms with van der Waals surface area (Å²) < 4.78 is 27.1. The number of halogens is 1. The first-order chi connectivity index (χ1) is 20.5. The number of ether oxygens (including phenoxy) is 2. The van der Waals surface area contributed by atoms with Crippen LogP contribution in [0.2, 0.25) is 0 Å². The zero-order valence-corrected chi connectivity index (χ0v) is 23.1. The normalized spacial score (nSPS) is 25.1. The highest BCUT2D eigenvalue weighted by Gasteiger charge is 2.49. The van der Waals surface area contributed by atoms with Crippen LogP contribution in [0.15, 0.2) is 36.4 Å². The van der Waals surface area contributed by atoms with Gasteiger partial charge in [-0.1, -0.05) is 18.1 Å². The number of terminal acetylenes is 1. The SMILES string of the molecule is C#Cc1cccc2cc(O)cc(-c3cc4nc(OCC56CCCN5CC(F)C6)nc5c4c(n3)OCC3CNCCN53)c12. The van der Waals surface area contributed by atoms with Crippen molar-refractivity contribution < 1.29 is 19.0 Å². The molecule has 0 aliphatic carbocycles. The van der Waals surface area contributed by atoms with E-state index >= 15 is 0 Å². The summed E-state index contributed by atoms with van der Waals surface area (Å²) in [6, 6.07) is 11.2. The van der Waals surface area contributed by atoms with Crippen molar-refractivity contribution in [3.05, 3.63) is 42.0 Å². The van der Waals surface area contributed by atoms with E-state index in [0.29, 0.717) is 54.4 Å². The number of fused-ring (bicyclic) bond motifs is 4. The van der Waals surface area contributed by atoms with Crippen LogP contribution < -0.4 is 19.7 Å². The monoisotopic (exact) mass is 566 g/mol.